The molecular formula is C16H26NO+. The molecule has 1 atom stereocenters. The van der Waals surface area contributed by atoms with E-state index in [9.17, 15) is 0 Å². The number of likely N-dealkylation sites (N-methyl/N-ethyl adjacent to an activating group) is 1. The lowest BCUT2D eigenvalue weighted by atomic mass is 10.2. The normalized spacial score (nSPS) is 22.2. The average molecular weight is 248 g/mol. The Kier molecular flexibility index (Phi) is 4.79. The zero-order chi connectivity index (χ0) is 12.8. The maximum absolute atomic E-state index is 5.95. The molecule has 1 saturated heterocycles. The molecule has 1 aromatic carbocycles. The Balaban J connectivity index is 1.83. The molecule has 2 heteroatoms. The second kappa shape index (κ2) is 6.35. The van der Waals surface area contributed by atoms with Crippen molar-refractivity contribution in [2.45, 2.75) is 39.3 Å². The minimum atomic E-state index is 0.712. The second-order valence-corrected chi connectivity index (χ2v) is 5.37. The van der Waals surface area contributed by atoms with Gasteiger partial charge in [0.05, 0.1) is 32.8 Å². The van der Waals surface area contributed by atoms with Crippen LogP contribution in [-0.4, -0.2) is 36.8 Å². The monoisotopic (exact) mass is 248 g/mol. The summed E-state index contributed by atoms with van der Waals surface area (Å²) in [5.41, 5.74) is 1.28. The van der Waals surface area contributed by atoms with Crippen LogP contribution in [0.3, 0.4) is 0 Å². The van der Waals surface area contributed by atoms with Crippen molar-refractivity contribution in [3.05, 3.63) is 35.9 Å². The molecule has 0 spiro atoms. The Hall–Kier alpha value is -0.860. The summed E-state index contributed by atoms with van der Waals surface area (Å²) in [5, 5.41) is 0. The number of quaternary nitrogens is 1. The number of likely N-dealkylation sites (tertiary alicyclic amines) is 1. The first-order valence-corrected chi connectivity index (χ1v) is 7.28. The van der Waals surface area contributed by atoms with Gasteiger partial charge in [-0.1, -0.05) is 30.3 Å². The van der Waals surface area contributed by atoms with Crippen LogP contribution < -0.4 is 0 Å². The number of hydrogen-bond donors (Lipinski definition) is 0. The highest BCUT2D eigenvalue weighted by atomic mass is 16.5. The molecule has 1 fully saturated rings. The van der Waals surface area contributed by atoms with E-state index in [4.69, 9.17) is 4.74 Å². The summed E-state index contributed by atoms with van der Waals surface area (Å²) in [4.78, 5) is 0. The van der Waals surface area contributed by atoms with E-state index in [1.54, 1.807) is 0 Å². The van der Waals surface area contributed by atoms with Gasteiger partial charge in [-0.2, -0.15) is 0 Å². The Morgan fingerprint density at radius 1 is 1.17 bits per heavy atom. The van der Waals surface area contributed by atoms with Gasteiger partial charge in [-0.3, -0.25) is 0 Å². The molecule has 0 aromatic heterocycles. The fourth-order valence-corrected chi connectivity index (χ4v) is 3.28. The second-order valence-electron chi connectivity index (χ2n) is 5.37. The van der Waals surface area contributed by atoms with Gasteiger partial charge in [0.1, 0.15) is 6.04 Å². The van der Waals surface area contributed by atoms with E-state index in [0.29, 0.717) is 6.04 Å². The Bertz CT molecular complexity index is 345. The number of nitrogens with zero attached hydrogens (tertiary/aromatic N) is 1. The molecule has 1 aliphatic rings. The van der Waals surface area contributed by atoms with E-state index in [1.807, 2.05) is 0 Å². The minimum absolute atomic E-state index is 0.712. The van der Waals surface area contributed by atoms with Crippen LogP contribution in [0.2, 0.25) is 0 Å². The van der Waals surface area contributed by atoms with Gasteiger partial charge >= 0.3 is 0 Å². The van der Waals surface area contributed by atoms with Crippen LogP contribution in [0.1, 0.15) is 32.3 Å². The van der Waals surface area contributed by atoms with E-state index < -0.39 is 0 Å². The Labute approximate surface area is 111 Å². The minimum Gasteiger partial charge on any atom is -0.371 e. The average Bonchev–Trinajstić information content (AvgIpc) is 2.84. The summed E-state index contributed by atoms with van der Waals surface area (Å²) in [6, 6.07) is 11.2. The third-order valence-electron chi connectivity index (χ3n) is 4.60. The highest BCUT2D eigenvalue weighted by molar-refractivity contribution is 5.13. The lowest BCUT2D eigenvalue weighted by Crippen LogP contribution is -2.53. The highest BCUT2D eigenvalue weighted by Gasteiger charge is 2.38. The number of ether oxygens (including phenoxy) is 1. The zero-order valence-electron chi connectivity index (χ0n) is 11.8. The molecule has 0 N–H and O–H groups in total. The zero-order valence-corrected chi connectivity index (χ0v) is 11.8. The Morgan fingerprint density at radius 2 is 1.89 bits per heavy atom. The van der Waals surface area contributed by atoms with Gasteiger partial charge in [-0.25, -0.2) is 0 Å². The Morgan fingerprint density at radius 3 is 2.56 bits per heavy atom. The lowest BCUT2D eigenvalue weighted by molar-refractivity contribution is -0.936. The molecule has 1 heterocycles. The smallest absolute Gasteiger partial charge is 0.113 e. The van der Waals surface area contributed by atoms with Crippen LogP contribution >= 0.6 is 0 Å². The third kappa shape index (κ3) is 2.93. The fraction of sp³-hybridized carbons (Fsp3) is 0.625. The molecule has 2 nitrogen and oxygen atoms in total. The topological polar surface area (TPSA) is 9.23 Å². The maximum atomic E-state index is 5.95. The SMILES string of the molecule is CC[N+]1(CC)CCCC1COCc1ccccc1. The van der Waals surface area contributed by atoms with Crippen molar-refractivity contribution in [3.8, 4) is 0 Å². The summed E-state index contributed by atoms with van der Waals surface area (Å²) in [5.74, 6) is 0. The van der Waals surface area contributed by atoms with E-state index in [-0.39, 0.29) is 0 Å². The van der Waals surface area contributed by atoms with Crippen molar-refractivity contribution in [3.63, 3.8) is 0 Å². The van der Waals surface area contributed by atoms with E-state index >= 15 is 0 Å². The van der Waals surface area contributed by atoms with Crippen LogP contribution in [-0.2, 0) is 11.3 Å². The van der Waals surface area contributed by atoms with Crippen molar-refractivity contribution in [2.75, 3.05) is 26.2 Å². The van der Waals surface area contributed by atoms with Gasteiger partial charge < -0.3 is 9.22 Å². The summed E-state index contributed by atoms with van der Waals surface area (Å²) >= 11 is 0. The van der Waals surface area contributed by atoms with E-state index in [1.165, 1.54) is 42.5 Å². The van der Waals surface area contributed by atoms with Crippen molar-refractivity contribution in [1.82, 2.24) is 0 Å². The first kappa shape index (κ1) is 13.6. The van der Waals surface area contributed by atoms with E-state index in [2.05, 4.69) is 44.2 Å². The molecule has 2 rings (SSSR count). The molecule has 0 aliphatic carbocycles. The molecule has 0 bridgehead atoms. The molecule has 100 valence electrons. The van der Waals surface area contributed by atoms with Crippen molar-refractivity contribution in [1.29, 1.82) is 0 Å². The first-order valence-electron chi connectivity index (χ1n) is 7.28. The van der Waals surface area contributed by atoms with Gasteiger partial charge in [0.25, 0.3) is 0 Å². The summed E-state index contributed by atoms with van der Waals surface area (Å²) in [7, 11) is 0. The van der Waals surface area contributed by atoms with Gasteiger partial charge in [0.15, 0.2) is 0 Å². The summed E-state index contributed by atoms with van der Waals surface area (Å²) < 4.78 is 7.21. The summed E-state index contributed by atoms with van der Waals surface area (Å²) in [6.45, 7) is 10.1. The van der Waals surface area contributed by atoms with Crippen molar-refractivity contribution >= 4 is 0 Å². The number of rotatable bonds is 6. The van der Waals surface area contributed by atoms with Gasteiger partial charge in [-0.15, -0.1) is 0 Å². The van der Waals surface area contributed by atoms with Crippen LogP contribution in [0.4, 0.5) is 0 Å². The first-order chi connectivity index (χ1) is 8.80. The quantitative estimate of drug-likeness (QED) is 0.702. The maximum Gasteiger partial charge on any atom is 0.113 e. The fourth-order valence-electron chi connectivity index (χ4n) is 3.28. The van der Waals surface area contributed by atoms with Crippen molar-refractivity contribution < 1.29 is 9.22 Å². The largest absolute Gasteiger partial charge is 0.371 e. The predicted octanol–water partition coefficient (Wildman–Crippen LogP) is 3.22. The van der Waals surface area contributed by atoms with Gasteiger partial charge in [0.2, 0.25) is 0 Å². The summed E-state index contributed by atoms with van der Waals surface area (Å²) in [6.07, 6.45) is 2.69. The standard InChI is InChI=1S/C16H26NO/c1-3-17(4-2)12-8-11-16(17)14-18-13-15-9-6-5-7-10-15/h5-7,9-10,16H,3-4,8,11-14H2,1-2H3/q+1. The third-order valence-corrected chi connectivity index (χ3v) is 4.60. The highest BCUT2D eigenvalue weighted by Crippen LogP contribution is 2.27. The van der Waals surface area contributed by atoms with Crippen LogP contribution in [0.5, 0.6) is 0 Å². The number of benzene rings is 1. The molecular weight excluding hydrogens is 222 g/mol. The molecule has 0 saturated carbocycles. The molecule has 0 radical (unpaired) electrons. The molecule has 1 aliphatic heterocycles. The van der Waals surface area contributed by atoms with Crippen molar-refractivity contribution in [2.24, 2.45) is 0 Å². The molecule has 0 amide bonds. The van der Waals surface area contributed by atoms with Gasteiger partial charge in [-0.05, 0) is 19.4 Å². The predicted molar refractivity (Wildman–Crippen MR) is 75.3 cm³/mol. The lowest BCUT2D eigenvalue weighted by Gasteiger charge is -2.38. The number of hydrogen-bond acceptors (Lipinski definition) is 1. The van der Waals surface area contributed by atoms with Crippen LogP contribution in [0, 0.1) is 0 Å². The molecule has 1 aromatic rings. The molecule has 1 unspecified atom stereocenters. The van der Waals surface area contributed by atoms with Crippen LogP contribution in [0.25, 0.3) is 0 Å². The van der Waals surface area contributed by atoms with Gasteiger partial charge in [0, 0.05) is 12.8 Å². The molecule has 18 heavy (non-hydrogen) atoms. The van der Waals surface area contributed by atoms with Crippen LogP contribution in [0.15, 0.2) is 30.3 Å². The van der Waals surface area contributed by atoms with E-state index in [0.717, 1.165) is 13.2 Å².